The van der Waals surface area contributed by atoms with Gasteiger partial charge in [0.15, 0.2) is 0 Å². The zero-order valence-corrected chi connectivity index (χ0v) is 14.9. The lowest BCUT2D eigenvalue weighted by atomic mass is 10.0. The van der Waals surface area contributed by atoms with E-state index >= 15 is 0 Å². The van der Waals surface area contributed by atoms with Crippen molar-refractivity contribution in [1.82, 2.24) is 0 Å². The maximum atomic E-state index is 12.9. The van der Waals surface area contributed by atoms with Gasteiger partial charge in [0, 0.05) is 17.5 Å². The van der Waals surface area contributed by atoms with E-state index in [0.717, 1.165) is 42.5 Å². The van der Waals surface area contributed by atoms with E-state index in [1.54, 1.807) is 11.3 Å². The molecule has 1 aromatic heterocycles. The third kappa shape index (κ3) is 3.67. The van der Waals surface area contributed by atoms with Crippen molar-refractivity contribution in [2.24, 2.45) is 0 Å². The fourth-order valence-electron chi connectivity index (χ4n) is 3.06. The summed E-state index contributed by atoms with van der Waals surface area (Å²) in [6.07, 6.45) is 5.32. The van der Waals surface area contributed by atoms with E-state index in [1.165, 1.54) is 18.2 Å². The van der Waals surface area contributed by atoms with Crippen LogP contribution in [0.1, 0.15) is 52.5 Å². The lowest BCUT2D eigenvalue weighted by Gasteiger charge is -2.09. The highest BCUT2D eigenvalue weighted by Crippen LogP contribution is 2.38. The molecule has 126 valence electrons. The van der Waals surface area contributed by atoms with Crippen molar-refractivity contribution in [2.75, 3.05) is 10.6 Å². The molecule has 3 rings (SSSR count). The van der Waals surface area contributed by atoms with Crippen LogP contribution in [0.25, 0.3) is 0 Å². The number of aryl methyl sites for hydroxylation is 2. The van der Waals surface area contributed by atoms with E-state index in [0.29, 0.717) is 10.6 Å². The largest absolute Gasteiger partial charge is 0.322 e. The van der Waals surface area contributed by atoms with Gasteiger partial charge in [-0.15, -0.1) is 11.3 Å². The van der Waals surface area contributed by atoms with E-state index in [4.69, 9.17) is 0 Å². The lowest BCUT2D eigenvalue weighted by molar-refractivity contribution is -0.114. The van der Waals surface area contributed by atoms with Crippen molar-refractivity contribution < 1.29 is 9.59 Å². The van der Waals surface area contributed by atoms with Crippen molar-refractivity contribution >= 4 is 33.8 Å². The van der Waals surface area contributed by atoms with Gasteiger partial charge in [-0.1, -0.05) is 24.1 Å². The van der Waals surface area contributed by atoms with Crippen LogP contribution < -0.4 is 10.6 Å². The molecule has 0 aliphatic heterocycles. The molecule has 0 unspecified atom stereocenters. The fraction of sp³-hybridized carbons (Fsp3) is 0.368. The summed E-state index contributed by atoms with van der Waals surface area (Å²) in [5, 5.41) is 6.50. The topological polar surface area (TPSA) is 58.2 Å². The van der Waals surface area contributed by atoms with Crippen LogP contribution in [0.15, 0.2) is 24.3 Å². The summed E-state index contributed by atoms with van der Waals surface area (Å²) in [7, 11) is 0. The fourth-order valence-corrected chi connectivity index (χ4v) is 4.39. The summed E-state index contributed by atoms with van der Waals surface area (Å²) in [5.74, 6) is -0.280. The van der Waals surface area contributed by atoms with Crippen molar-refractivity contribution in [3.63, 3.8) is 0 Å². The average Bonchev–Trinajstić information content (AvgIpc) is 2.70. The summed E-state index contributed by atoms with van der Waals surface area (Å²) in [5.41, 5.74) is 3.68. The number of anilines is 2. The van der Waals surface area contributed by atoms with Gasteiger partial charge < -0.3 is 10.6 Å². The first-order valence-corrected chi connectivity index (χ1v) is 9.16. The van der Waals surface area contributed by atoms with Gasteiger partial charge in [0.05, 0.1) is 5.56 Å². The monoisotopic (exact) mass is 342 g/mol. The molecule has 1 aliphatic rings. The molecule has 0 saturated carbocycles. The molecule has 1 aromatic carbocycles. The number of hydrogen-bond acceptors (Lipinski definition) is 3. The Balaban J connectivity index is 1.94. The number of benzene rings is 1. The summed E-state index contributed by atoms with van der Waals surface area (Å²) < 4.78 is 0. The number of hydrogen-bond donors (Lipinski definition) is 2. The number of carbonyl (C=O) groups is 2. The van der Waals surface area contributed by atoms with Crippen LogP contribution in [0.3, 0.4) is 0 Å². The Morgan fingerprint density at radius 2 is 1.71 bits per heavy atom. The molecule has 0 bridgehead atoms. The Morgan fingerprint density at radius 3 is 2.42 bits per heavy atom. The van der Waals surface area contributed by atoms with Gasteiger partial charge in [0.2, 0.25) is 5.91 Å². The van der Waals surface area contributed by atoms with E-state index in [1.807, 2.05) is 31.2 Å². The molecular weight excluding hydrogens is 320 g/mol. The quantitative estimate of drug-likeness (QED) is 0.805. The Bertz CT molecular complexity index is 762. The Morgan fingerprint density at radius 1 is 1.00 bits per heavy atom. The number of rotatable bonds is 3. The minimum atomic E-state index is -0.143. The predicted molar refractivity (Wildman–Crippen MR) is 99.0 cm³/mol. The molecule has 0 fully saturated rings. The number of fused-ring (bicyclic) bond motifs is 1. The second kappa shape index (κ2) is 7.18. The van der Waals surface area contributed by atoms with Crippen LogP contribution in [0.5, 0.6) is 0 Å². The highest BCUT2D eigenvalue weighted by atomic mass is 32.1. The van der Waals surface area contributed by atoms with Gasteiger partial charge in [-0.05, 0) is 50.3 Å². The van der Waals surface area contributed by atoms with Gasteiger partial charge in [-0.3, -0.25) is 9.59 Å². The number of carbonyl (C=O) groups excluding carboxylic acids is 2. The molecule has 0 atom stereocenters. The van der Waals surface area contributed by atoms with Crippen LogP contribution in [-0.2, 0) is 17.6 Å². The standard InChI is InChI=1S/C19H22N2O2S/c1-12-8-10-14(11-9-12)21-18(23)17-15-6-4-3-5-7-16(15)24-19(17)20-13(2)22/h8-11H,3-7H2,1-2H3,(H,20,22)(H,21,23). The smallest absolute Gasteiger partial charge is 0.258 e. The number of thiophene rings is 1. The van der Waals surface area contributed by atoms with Crippen molar-refractivity contribution in [3.05, 3.63) is 45.8 Å². The summed E-state index contributed by atoms with van der Waals surface area (Å²) in [6, 6.07) is 7.74. The highest BCUT2D eigenvalue weighted by Gasteiger charge is 2.25. The SMILES string of the molecule is CC(=O)Nc1sc2c(c1C(=O)Nc1ccc(C)cc1)CCCCC2. The Kier molecular flexibility index (Phi) is 5.00. The summed E-state index contributed by atoms with van der Waals surface area (Å²) in [4.78, 5) is 25.7. The summed E-state index contributed by atoms with van der Waals surface area (Å²) >= 11 is 1.55. The molecule has 24 heavy (non-hydrogen) atoms. The van der Waals surface area contributed by atoms with Crippen molar-refractivity contribution in [1.29, 1.82) is 0 Å². The molecule has 0 radical (unpaired) electrons. The minimum absolute atomic E-state index is 0.137. The van der Waals surface area contributed by atoms with Gasteiger partial charge >= 0.3 is 0 Å². The molecule has 0 spiro atoms. The second-order valence-corrected chi connectivity index (χ2v) is 7.38. The number of nitrogens with one attached hydrogen (secondary N) is 2. The summed E-state index contributed by atoms with van der Waals surface area (Å²) in [6.45, 7) is 3.49. The average molecular weight is 342 g/mol. The van der Waals surface area contributed by atoms with E-state index in [9.17, 15) is 9.59 Å². The van der Waals surface area contributed by atoms with Crippen molar-refractivity contribution in [2.45, 2.75) is 46.0 Å². The maximum absolute atomic E-state index is 12.9. The zero-order chi connectivity index (χ0) is 17.1. The first-order chi connectivity index (χ1) is 11.5. The molecule has 5 heteroatoms. The van der Waals surface area contributed by atoms with Crippen LogP contribution in [0, 0.1) is 6.92 Å². The van der Waals surface area contributed by atoms with Gasteiger partial charge in [-0.25, -0.2) is 0 Å². The number of amides is 2. The second-order valence-electron chi connectivity index (χ2n) is 6.27. The molecule has 1 heterocycles. The molecule has 2 amide bonds. The first-order valence-electron chi connectivity index (χ1n) is 8.34. The lowest BCUT2D eigenvalue weighted by Crippen LogP contribution is -2.16. The normalized spacial score (nSPS) is 13.8. The minimum Gasteiger partial charge on any atom is -0.322 e. The maximum Gasteiger partial charge on any atom is 0.258 e. The van der Waals surface area contributed by atoms with Crippen LogP contribution in [-0.4, -0.2) is 11.8 Å². The molecule has 0 saturated heterocycles. The zero-order valence-electron chi connectivity index (χ0n) is 14.1. The van der Waals surface area contributed by atoms with E-state index in [2.05, 4.69) is 10.6 Å². The molecule has 1 aliphatic carbocycles. The van der Waals surface area contributed by atoms with Gasteiger partial charge in [-0.2, -0.15) is 0 Å². The van der Waals surface area contributed by atoms with Gasteiger partial charge in [0.1, 0.15) is 5.00 Å². The molecule has 2 N–H and O–H groups in total. The molecule has 2 aromatic rings. The van der Waals surface area contributed by atoms with Crippen molar-refractivity contribution in [3.8, 4) is 0 Å². The Hall–Kier alpha value is -2.14. The first kappa shape index (κ1) is 16.7. The van der Waals surface area contributed by atoms with Crippen LogP contribution in [0.4, 0.5) is 10.7 Å². The van der Waals surface area contributed by atoms with E-state index < -0.39 is 0 Å². The third-order valence-corrected chi connectivity index (χ3v) is 5.45. The molecular formula is C19H22N2O2S. The van der Waals surface area contributed by atoms with Gasteiger partial charge in [0.25, 0.3) is 5.91 Å². The van der Waals surface area contributed by atoms with Crippen LogP contribution in [0.2, 0.25) is 0 Å². The highest BCUT2D eigenvalue weighted by molar-refractivity contribution is 7.17. The van der Waals surface area contributed by atoms with Crippen LogP contribution >= 0.6 is 11.3 Å². The molecule has 4 nitrogen and oxygen atoms in total. The van der Waals surface area contributed by atoms with E-state index in [-0.39, 0.29) is 11.8 Å². The third-order valence-electron chi connectivity index (χ3n) is 4.25. The predicted octanol–water partition coefficient (Wildman–Crippen LogP) is 4.54. The Labute approximate surface area is 146 Å².